The molecule has 6 nitrogen and oxygen atoms in total. The maximum atomic E-state index is 11.5. The van der Waals surface area contributed by atoms with Gasteiger partial charge in [0, 0.05) is 18.0 Å². The average molecular weight is 302 g/mol. The molecule has 108 valence electrons. The van der Waals surface area contributed by atoms with Gasteiger partial charge in [0.05, 0.1) is 16.1 Å². The van der Waals surface area contributed by atoms with E-state index in [0.717, 1.165) is 22.3 Å². The van der Waals surface area contributed by atoms with Crippen LogP contribution in [0.15, 0.2) is 41.7 Å². The number of rotatable bonds is 2. The van der Waals surface area contributed by atoms with E-state index in [1.165, 1.54) is 6.26 Å². The van der Waals surface area contributed by atoms with Gasteiger partial charge >= 0.3 is 0 Å². The van der Waals surface area contributed by atoms with E-state index in [0.29, 0.717) is 5.95 Å². The first-order valence-corrected chi connectivity index (χ1v) is 8.15. The second-order valence-electron chi connectivity index (χ2n) is 4.88. The van der Waals surface area contributed by atoms with Gasteiger partial charge in [-0.3, -0.25) is 4.40 Å². The number of nitrogens with two attached hydrogens (primary N) is 1. The van der Waals surface area contributed by atoms with E-state index in [9.17, 15) is 8.42 Å². The molecule has 0 saturated carbocycles. The molecule has 21 heavy (non-hydrogen) atoms. The molecule has 0 bridgehead atoms. The molecule has 0 atom stereocenters. The molecule has 0 fully saturated rings. The lowest BCUT2D eigenvalue weighted by Crippen LogP contribution is -2.01. The van der Waals surface area contributed by atoms with Gasteiger partial charge in [-0.1, -0.05) is 12.1 Å². The Hall–Kier alpha value is -2.41. The van der Waals surface area contributed by atoms with Crippen LogP contribution in [0.3, 0.4) is 0 Å². The average Bonchev–Trinajstić information content (AvgIpc) is 2.82. The van der Waals surface area contributed by atoms with Crippen LogP contribution < -0.4 is 5.73 Å². The minimum absolute atomic E-state index is 0.288. The molecule has 0 aliphatic heterocycles. The number of fused-ring (bicyclic) bond motifs is 1. The number of hydrogen-bond donors (Lipinski definition) is 1. The highest BCUT2D eigenvalue weighted by Gasteiger charge is 2.12. The van der Waals surface area contributed by atoms with Crippen LogP contribution in [0.4, 0.5) is 5.95 Å². The van der Waals surface area contributed by atoms with Crippen LogP contribution in [0.5, 0.6) is 0 Å². The Balaban J connectivity index is 2.22. The molecule has 3 rings (SSSR count). The summed E-state index contributed by atoms with van der Waals surface area (Å²) in [6, 6.07) is 6.69. The van der Waals surface area contributed by atoms with Gasteiger partial charge in [-0.15, -0.1) is 0 Å². The Bertz CT molecular complexity index is 928. The van der Waals surface area contributed by atoms with E-state index < -0.39 is 9.84 Å². The van der Waals surface area contributed by atoms with Gasteiger partial charge in [-0.25, -0.2) is 18.4 Å². The quantitative estimate of drug-likeness (QED) is 0.778. The van der Waals surface area contributed by atoms with Crippen molar-refractivity contribution in [2.45, 2.75) is 11.8 Å². The highest BCUT2D eigenvalue weighted by atomic mass is 32.2. The van der Waals surface area contributed by atoms with Crippen molar-refractivity contribution >= 4 is 21.3 Å². The third-order valence-electron chi connectivity index (χ3n) is 3.37. The predicted molar refractivity (Wildman–Crippen MR) is 80.7 cm³/mol. The lowest BCUT2D eigenvalue weighted by atomic mass is 10.1. The third-order valence-corrected chi connectivity index (χ3v) is 4.50. The smallest absolute Gasteiger partial charge is 0.206 e. The zero-order valence-electron chi connectivity index (χ0n) is 11.6. The number of nitrogens with zero attached hydrogens (tertiary/aromatic N) is 3. The molecule has 0 amide bonds. The van der Waals surface area contributed by atoms with Crippen molar-refractivity contribution in [2.75, 3.05) is 12.0 Å². The first kappa shape index (κ1) is 13.6. The second kappa shape index (κ2) is 4.56. The fourth-order valence-electron chi connectivity index (χ4n) is 2.28. The van der Waals surface area contributed by atoms with Crippen molar-refractivity contribution in [1.29, 1.82) is 0 Å². The number of benzene rings is 1. The van der Waals surface area contributed by atoms with E-state index in [4.69, 9.17) is 5.73 Å². The summed E-state index contributed by atoms with van der Waals surface area (Å²) in [5.74, 6) is 0.363. The molecule has 0 aliphatic carbocycles. The van der Waals surface area contributed by atoms with E-state index in [1.54, 1.807) is 41.2 Å². The van der Waals surface area contributed by atoms with Gasteiger partial charge < -0.3 is 5.73 Å². The third kappa shape index (κ3) is 2.25. The van der Waals surface area contributed by atoms with Crippen LogP contribution >= 0.6 is 0 Å². The van der Waals surface area contributed by atoms with E-state index in [1.807, 2.05) is 6.92 Å². The van der Waals surface area contributed by atoms with Crippen LogP contribution in [0.25, 0.3) is 16.6 Å². The molecule has 0 unspecified atom stereocenters. The van der Waals surface area contributed by atoms with Crippen LogP contribution in [0, 0.1) is 6.92 Å². The lowest BCUT2D eigenvalue weighted by Gasteiger charge is -2.08. The summed E-state index contributed by atoms with van der Waals surface area (Å²) in [7, 11) is -3.20. The van der Waals surface area contributed by atoms with Crippen molar-refractivity contribution in [3.05, 3.63) is 42.5 Å². The molecule has 0 spiro atoms. The maximum absolute atomic E-state index is 11.5. The van der Waals surface area contributed by atoms with E-state index >= 15 is 0 Å². The molecule has 7 heteroatoms. The van der Waals surface area contributed by atoms with Crippen molar-refractivity contribution in [3.63, 3.8) is 0 Å². The molecular weight excluding hydrogens is 288 g/mol. The fourth-order valence-corrected chi connectivity index (χ4v) is 2.91. The number of imidazole rings is 1. The molecule has 2 heterocycles. The minimum Gasteiger partial charge on any atom is -0.369 e. The fraction of sp³-hybridized carbons (Fsp3) is 0.143. The summed E-state index contributed by atoms with van der Waals surface area (Å²) >= 11 is 0. The van der Waals surface area contributed by atoms with Crippen molar-refractivity contribution in [1.82, 2.24) is 14.4 Å². The van der Waals surface area contributed by atoms with Crippen molar-refractivity contribution < 1.29 is 8.42 Å². The largest absolute Gasteiger partial charge is 0.369 e. The molecule has 2 aromatic heterocycles. The van der Waals surface area contributed by atoms with Crippen LogP contribution in [-0.4, -0.2) is 29.0 Å². The summed E-state index contributed by atoms with van der Waals surface area (Å²) in [6.07, 6.45) is 4.49. The van der Waals surface area contributed by atoms with Crippen LogP contribution in [-0.2, 0) is 9.84 Å². The Labute approximate surface area is 122 Å². The Kier molecular flexibility index (Phi) is 2.94. The van der Waals surface area contributed by atoms with Gasteiger partial charge in [0.2, 0.25) is 5.95 Å². The topological polar surface area (TPSA) is 90.3 Å². The van der Waals surface area contributed by atoms with Crippen LogP contribution in [0.2, 0.25) is 0 Å². The molecule has 1 aromatic carbocycles. The number of hydrogen-bond acceptors (Lipinski definition) is 5. The SMILES string of the molecule is Cc1ncn2c(N)ncc(-c3ccc(S(C)(=O)=O)cc3)c12. The first-order valence-electron chi connectivity index (χ1n) is 6.26. The highest BCUT2D eigenvalue weighted by Crippen LogP contribution is 2.28. The normalized spacial score (nSPS) is 11.9. The monoisotopic (exact) mass is 302 g/mol. The standard InChI is InChI=1S/C14H14N4O2S/c1-9-13-12(7-16-14(15)18(13)8-17-9)10-3-5-11(6-4-10)21(2,19)20/h3-8H,1-2H3,(H2,15,16). The van der Waals surface area contributed by atoms with Crippen molar-refractivity contribution in [2.24, 2.45) is 0 Å². The van der Waals surface area contributed by atoms with E-state index in [2.05, 4.69) is 9.97 Å². The summed E-state index contributed by atoms with van der Waals surface area (Å²) < 4.78 is 24.7. The Morgan fingerprint density at radius 1 is 1.14 bits per heavy atom. The maximum Gasteiger partial charge on any atom is 0.206 e. The Morgan fingerprint density at radius 2 is 1.81 bits per heavy atom. The second-order valence-corrected chi connectivity index (χ2v) is 6.89. The molecular formula is C14H14N4O2S. The molecule has 0 aliphatic rings. The van der Waals surface area contributed by atoms with E-state index in [-0.39, 0.29) is 4.90 Å². The van der Waals surface area contributed by atoms with Gasteiger partial charge in [0.1, 0.15) is 6.33 Å². The summed E-state index contributed by atoms with van der Waals surface area (Å²) in [5.41, 5.74) is 9.26. The predicted octanol–water partition coefficient (Wildman–Crippen LogP) is 1.69. The van der Waals surface area contributed by atoms with Gasteiger partial charge in [0.25, 0.3) is 0 Å². The molecule has 0 saturated heterocycles. The summed E-state index contributed by atoms with van der Waals surface area (Å²) in [6.45, 7) is 1.89. The number of anilines is 1. The van der Waals surface area contributed by atoms with Crippen molar-refractivity contribution in [3.8, 4) is 11.1 Å². The number of nitrogen functional groups attached to an aromatic ring is 1. The summed E-state index contributed by atoms with van der Waals surface area (Å²) in [4.78, 5) is 8.69. The minimum atomic E-state index is -3.20. The zero-order valence-corrected chi connectivity index (χ0v) is 12.4. The Morgan fingerprint density at radius 3 is 2.43 bits per heavy atom. The number of aromatic nitrogens is 3. The summed E-state index contributed by atoms with van der Waals surface area (Å²) in [5, 5.41) is 0. The highest BCUT2D eigenvalue weighted by molar-refractivity contribution is 7.90. The molecule has 3 aromatic rings. The van der Waals surface area contributed by atoms with Gasteiger partial charge in [-0.2, -0.15) is 0 Å². The molecule has 0 radical (unpaired) electrons. The number of aryl methyl sites for hydroxylation is 1. The zero-order chi connectivity index (χ0) is 15.2. The number of sulfone groups is 1. The molecule has 2 N–H and O–H groups in total. The lowest BCUT2D eigenvalue weighted by molar-refractivity contribution is 0.602. The van der Waals surface area contributed by atoms with Gasteiger partial charge in [-0.05, 0) is 24.6 Å². The van der Waals surface area contributed by atoms with Gasteiger partial charge in [0.15, 0.2) is 9.84 Å². The first-order chi connectivity index (χ1) is 9.88. The van der Waals surface area contributed by atoms with Crippen LogP contribution in [0.1, 0.15) is 5.69 Å².